The first-order valence-electron chi connectivity index (χ1n) is 7.70. The molecule has 22 heavy (non-hydrogen) atoms. The molecule has 0 unspecified atom stereocenters. The Morgan fingerprint density at radius 3 is 3.00 bits per heavy atom. The van der Waals surface area contributed by atoms with Crippen LogP contribution in [0.2, 0.25) is 0 Å². The van der Waals surface area contributed by atoms with Crippen molar-refractivity contribution in [3.8, 4) is 5.75 Å². The van der Waals surface area contributed by atoms with Gasteiger partial charge in [-0.15, -0.1) is 0 Å². The van der Waals surface area contributed by atoms with Gasteiger partial charge in [0, 0.05) is 18.3 Å². The Bertz CT molecular complexity index is 625. The van der Waals surface area contributed by atoms with Crippen molar-refractivity contribution in [2.45, 2.75) is 31.7 Å². The maximum absolute atomic E-state index is 12.8. The highest BCUT2D eigenvalue weighted by molar-refractivity contribution is 5.80. The number of rotatable bonds is 4. The van der Waals surface area contributed by atoms with E-state index in [0.29, 0.717) is 6.42 Å². The fraction of sp³-hybridized carbons (Fsp3) is 0.412. The Hall–Kier alpha value is -2.30. The summed E-state index contributed by atoms with van der Waals surface area (Å²) in [5.74, 6) is 0.912. The van der Waals surface area contributed by atoms with Crippen LogP contribution in [0, 0.1) is 0 Å². The number of para-hydroxylation sites is 1. The number of H-pyrrole nitrogens is 1. The highest BCUT2D eigenvalue weighted by Gasteiger charge is 2.29. The van der Waals surface area contributed by atoms with Crippen molar-refractivity contribution in [1.82, 2.24) is 15.1 Å². The number of nitrogens with zero attached hydrogens (tertiary/aromatic N) is 2. The summed E-state index contributed by atoms with van der Waals surface area (Å²) in [7, 11) is 1.64. The predicted molar refractivity (Wildman–Crippen MR) is 83.6 cm³/mol. The van der Waals surface area contributed by atoms with Crippen molar-refractivity contribution in [2.24, 2.45) is 0 Å². The number of carbonyl (C=O) groups is 1. The number of benzene rings is 1. The molecule has 1 saturated heterocycles. The largest absolute Gasteiger partial charge is 0.496 e. The lowest BCUT2D eigenvalue weighted by molar-refractivity contribution is -0.134. The van der Waals surface area contributed by atoms with Crippen molar-refractivity contribution in [2.75, 3.05) is 13.7 Å². The third kappa shape index (κ3) is 2.98. The van der Waals surface area contributed by atoms with E-state index in [1.807, 2.05) is 35.2 Å². The van der Waals surface area contributed by atoms with Crippen LogP contribution >= 0.6 is 0 Å². The van der Waals surface area contributed by atoms with Crippen molar-refractivity contribution >= 4 is 5.91 Å². The Morgan fingerprint density at radius 2 is 2.23 bits per heavy atom. The minimum Gasteiger partial charge on any atom is -0.496 e. The lowest BCUT2D eigenvalue weighted by Gasteiger charge is -2.35. The molecular formula is C17H21N3O2. The minimum atomic E-state index is 0.110. The predicted octanol–water partition coefficient (Wildman–Crippen LogP) is 2.71. The molecule has 2 aromatic rings. The molecule has 1 amide bonds. The van der Waals surface area contributed by atoms with E-state index in [4.69, 9.17) is 4.74 Å². The fourth-order valence-corrected chi connectivity index (χ4v) is 3.12. The Morgan fingerprint density at radius 1 is 1.36 bits per heavy atom. The quantitative estimate of drug-likeness (QED) is 0.944. The first-order chi connectivity index (χ1) is 10.8. The maximum Gasteiger partial charge on any atom is 0.227 e. The summed E-state index contributed by atoms with van der Waals surface area (Å²) in [6.45, 7) is 0.803. The highest BCUT2D eigenvalue weighted by Crippen LogP contribution is 2.30. The summed E-state index contributed by atoms with van der Waals surface area (Å²) in [6, 6.07) is 9.77. The van der Waals surface area contributed by atoms with E-state index < -0.39 is 0 Å². The number of aromatic amines is 1. The summed E-state index contributed by atoms with van der Waals surface area (Å²) in [6.07, 6.45) is 5.30. The molecule has 1 aromatic carbocycles. The summed E-state index contributed by atoms with van der Waals surface area (Å²) < 4.78 is 5.35. The number of hydrogen-bond donors (Lipinski definition) is 1. The molecule has 0 saturated carbocycles. The molecule has 1 aliphatic heterocycles. The van der Waals surface area contributed by atoms with Gasteiger partial charge in [-0.1, -0.05) is 18.2 Å². The molecule has 0 bridgehead atoms. The van der Waals surface area contributed by atoms with Crippen LogP contribution < -0.4 is 4.74 Å². The van der Waals surface area contributed by atoms with Gasteiger partial charge in [-0.3, -0.25) is 9.89 Å². The van der Waals surface area contributed by atoms with E-state index in [2.05, 4.69) is 10.2 Å². The number of methoxy groups -OCH3 is 1. The van der Waals surface area contributed by atoms with E-state index in [1.165, 1.54) is 0 Å². The van der Waals surface area contributed by atoms with Gasteiger partial charge in [-0.05, 0) is 31.4 Å². The molecule has 0 radical (unpaired) electrons. The van der Waals surface area contributed by atoms with Crippen LogP contribution in [0.1, 0.15) is 36.6 Å². The van der Waals surface area contributed by atoms with Crippen LogP contribution in [0.3, 0.4) is 0 Å². The van der Waals surface area contributed by atoms with Crippen LogP contribution in [-0.4, -0.2) is 34.7 Å². The highest BCUT2D eigenvalue weighted by atomic mass is 16.5. The zero-order valence-corrected chi connectivity index (χ0v) is 12.8. The molecule has 5 nitrogen and oxygen atoms in total. The SMILES string of the molecule is COc1ccccc1CC(=O)N1CCCC[C@@H]1c1ccn[nH]1. The Labute approximate surface area is 130 Å². The molecule has 1 aromatic heterocycles. The summed E-state index contributed by atoms with van der Waals surface area (Å²) in [5, 5.41) is 7.03. The van der Waals surface area contributed by atoms with Crippen LogP contribution in [0.25, 0.3) is 0 Å². The van der Waals surface area contributed by atoms with Gasteiger partial charge in [0.05, 0.1) is 25.3 Å². The zero-order valence-electron chi connectivity index (χ0n) is 12.8. The smallest absolute Gasteiger partial charge is 0.227 e. The standard InChI is InChI=1S/C17H21N3O2/c1-22-16-8-3-2-6-13(16)12-17(21)20-11-5-4-7-15(20)14-9-10-18-19-14/h2-3,6,8-10,15H,4-5,7,11-12H2,1H3,(H,18,19)/t15-/m1/s1. The Balaban J connectivity index is 1.77. The second kappa shape index (κ2) is 6.64. The molecule has 0 spiro atoms. The molecule has 0 aliphatic carbocycles. The summed E-state index contributed by atoms with van der Waals surface area (Å²) >= 11 is 0. The number of aromatic nitrogens is 2. The third-order valence-corrected chi connectivity index (χ3v) is 4.24. The lowest BCUT2D eigenvalue weighted by Crippen LogP contribution is -2.39. The molecule has 116 valence electrons. The Kier molecular flexibility index (Phi) is 4.42. The molecule has 5 heteroatoms. The van der Waals surface area contributed by atoms with Gasteiger partial charge in [0.1, 0.15) is 5.75 Å². The second-order valence-electron chi connectivity index (χ2n) is 5.60. The van der Waals surface area contributed by atoms with Gasteiger partial charge >= 0.3 is 0 Å². The van der Waals surface area contributed by atoms with E-state index in [1.54, 1.807) is 13.3 Å². The number of piperidine rings is 1. The van der Waals surface area contributed by atoms with Gasteiger partial charge in [-0.25, -0.2) is 0 Å². The van der Waals surface area contributed by atoms with Gasteiger partial charge < -0.3 is 9.64 Å². The molecule has 1 aliphatic rings. The van der Waals surface area contributed by atoms with Crippen molar-refractivity contribution in [1.29, 1.82) is 0 Å². The number of nitrogens with one attached hydrogen (secondary N) is 1. The molecule has 1 N–H and O–H groups in total. The average molecular weight is 299 g/mol. The van der Waals surface area contributed by atoms with Crippen molar-refractivity contribution in [3.05, 3.63) is 47.8 Å². The minimum absolute atomic E-state index is 0.110. The summed E-state index contributed by atoms with van der Waals surface area (Å²) in [5.41, 5.74) is 1.96. The molecule has 2 heterocycles. The van der Waals surface area contributed by atoms with Crippen molar-refractivity contribution < 1.29 is 9.53 Å². The van der Waals surface area contributed by atoms with E-state index >= 15 is 0 Å². The fourth-order valence-electron chi connectivity index (χ4n) is 3.12. The van der Waals surface area contributed by atoms with Crippen LogP contribution in [-0.2, 0) is 11.2 Å². The van der Waals surface area contributed by atoms with Gasteiger partial charge in [-0.2, -0.15) is 5.10 Å². The number of likely N-dealkylation sites (tertiary alicyclic amines) is 1. The van der Waals surface area contributed by atoms with E-state index in [0.717, 1.165) is 42.8 Å². The van der Waals surface area contributed by atoms with Gasteiger partial charge in [0.15, 0.2) is 0 Å². The van der Waals surface area contributed by atoms with E-state index in [9.17, 15) is 4.79 Å². The second-order valence-corrected chi connectivity index (χ2v) is 5.60. The number of amides is 1. The first-order valence-corrected chi connectivity index (χ1v) is 7.70. The number of carbonyl (C=O) groups excluding carboxylic acids is 1. The monoisotopic (exact) mass is 299 g/mol. The number of ether oxygens (including phenoxy) is 1. The molecule has 3 rings (SSSR count). The molecule has 1 fully saturated rings. The molecule has 1 atom stereocenters. The lowest BCUT2D eigenvalue weighted by atomic mass is 9.98. The maximum atomic E-state index is 12.8. The third-order valence-electron chi connectivity index (χ3n) is 4.24. The van der Waals surface area contributed by atoms with E-state index in [-0.39, 0.29) is 11.9 Å². The van der Waals surface area contributed by atoms with Gasteiger partial charge in [0.25, 0.3) is 0 Å². The topological polar surface area (TPSA) is 58.2 Å². The zero-order chi connectivity index (χ0) is 15.4. The normalized spacial score (nSPS) is 18.2. The van der Waals surface area contributed by atoms with Crippen molar-refractivity contribution in [3.63, 3.8) is 0 Å². The number of hydrogen-bond acceptors (Lipinski definition) is 3. The van der Waals surface area contributed by atoms with Crippen LogP contribution in [0.4, 0.5) is 0 Å². The van der Waals surface area contributed by atoms with Crippen LogP contribution in [0.5, 0.6) is 5.75 Å². The van der Waals surface area contributed by atoms with Gasteiger partial charge in [0.2, 0.25) is 5.91 Å². The summed E-state index contributed by atoms with van der Waals surface area (Å²) in [4.78, 5) is 14.8. The first kappa shape index (κ1) is 14.6. The van der Waals surface area contributed by atoms with Crippen LogP contribution in [0.15, 0.2) is 36.5 Å². The average Bonchev–Trinajstić information content (AvgIpc) is 3.09. The molecular weight excluding hydrogens is 278 g/mol.